The molecule has 1 atom stereocenters. The van der Waals surface area contributed by atoms with Gasteiger partial charge in [-0.3, -0.25) is 4.68 Å². The maximum atomic E-state index is 5.81. The number of nitrogens with zero attached hydrogens (tertiary/aromatic N) is 7. The summed E-state index contributed by atoms with van der Waals surface area (Å²) in [6.45, 7) is 4.88. The van der Waals surface area contributed by atoms with E-state index in [-0.39, 0.29) is 6.10 Å². The Labute approximate surface area is 129 Å². The third kappa shape index (κ3) is 3.33. The lowest BCUT2D eigenvalue weighted by Gasteiger charge is -2.33. The van der Waals surface area contributed by atoms with Gasteiger partial charge in [0.1, 0.15) is 18.5 Å². The SMILES string of the molecule is Cc1cc(N(C)C)nc(N2CCOC(Cn3cncn3)C2)n1. The van der Waals surface area contributed by atoms with Gasteiger partial charge in [0.15, 0.2) is 0 Å². The first-order chi connectivity index (χ1) is 10.6. The monoisotopic (exact) mass is 303 g/mol. The summed E-state index contributed by atoms with van der Waals surface area (Å²) in [4.78, 5) is 17.3. The van der Waals surface area contributed by atoms with Gasteiger partial charge >= 0.3 is 0 Å². The van der Waals surface area contributed by atoms with Gasteiger partial charge in [0.2, 0.25) is 5.95 Å². The van der Waals surface area contributed by atoms with Crippen molar-refractivity contribution in [2.75, 3.05) is 43.6 Å². The first-order valence-electron chi connectivity index (χ1n) is 7.34. The number of aryl methyl sites for hydroxylation is 1. The summed E-state index contributed by atoms with van der Waals surface area (Å²) in [7, 11) is 3.97. The number of anilines is 2. The van der Waals surface area contributed by atoms with Gasteiger partial charge in [-0.15, -0.1) is 0 Å². The lowest BCUT2D eigenvalue weighted by atomic mass is 10.3. The topological polar surface area (TPSA) is 72.2 Å². The summed E-state index contributed by atoms with van der Waals surface area (Å²) >= 11 is 0. The first kappa shape index (κ1) is 14.7. The number of rotatable bonds is 4. The Morgan fingerprint density at radius 1 is 1.36 bits per heavy atom. The van der Waals surface area contributed by atoms with Crippen molar-refractivity contribution in [2.24, 2.45) is 0 Å². The van der Waals surface area contributed by atoms with Gasteiger partial charge in [-0.2, -0.15) is 10.1 Å². The molecular formula is C14H21N7O. The highest BCUT2D eigenvalue weighted by Crippen LogP contribution is 2.18. The molecule has 2 aromatic rings. The van der Waals surface area contributed by atoms with Crippen molar-refractivity contribution in [1.82, 2.24) is 24.7 Å². The summed E-state index contributed by atoms with van der Waals surface area (Å²) in [5.74, 6) is 1.68. The highest BCUT2D eigenvalue weighted by Gasteiger charge is 2.23. The maximum absolute atomic E-state index is 5.81. The molecule has 1 saturated heterocycles. The fourth-order valence-corrected chi connectivity index (χ4v) is 2.45. The molecule has 0 aliphatic carbocycles. The molecule has 22 heavy (non-hydrogen) atoms. The van der Waals surface area contributed by atoms with Crippen LogP contribution in [0.2, 0.25) is 0 Å². The average Bonchev–Trinajstić information content (AvgIpc) is 3.00. The Morgan fingerprint density at radius 2 is 2.23 bits per heavy atom. The molecule has 1 fully saturated rings. The van der Waals surface area contributed by atoms with Crippen LogP contribution in [-0.4, -0.2) is 64.6 Å². The van der Waals surface area contributed by atoms with Crippen LogP contribution in [0.3, 0.4) is 0 Å². The second-order valence-electron chi connectivity index (χ2n) is 5.62. The van der Waals surface area contributed by atoms with Gasteiger partial charge in [-0.05, 0) is 6.92 Å². The van der Waals surface area contributed by atoms with Crippen molar-refractivity contribution in [3.05, 3.63) is 24.4 Å². The molecule has 8 nitrogen and oxygen atoms in total. The molecule has 1 aliphatic rings. The molecule has 118 valence electrons. The number of morpholine rings is 1. The van der Waals surface area contributed by atoms with Crippen LogP contribution in [0.25, 0.3) is 0 Å². The number of ether oxygens (including phenoxy) is 1. The zero-order valence-corrected chi connectivity index (χ0v) is 13.2. The van der Waals surface area contributed by atoms with E-state index in [1.54, 1.807) is 11.0 Å². The van der Waals surface area contributed by atoms with Crippen molar-refractivity contribution in [3.63, 3.8) is 0 Å². The Morgan fingerprint density at radius 3 is 2.95 bits per heavy atom. The predicted octanol–water partition coefficient (Wildman–Crippen LogP) is 0.348. The van der Waals surface area contributed by atoms with Crippen molar-refractivity contribution in [1.29, 1.82) is 0 Å². The van der Waals surface area contributed by atoms with Crippen LogP contribution in [0.15, 0.2) is 18.7 Å². The highest BCUT2D eigenvalue weighted by atomic mass is 16.5. The maximum Gasteiger partial charge on any atom is 0.227 e. The van der Waals surface area contributed by atoms with E-state index in [0.29, 0.717) is 13.2 Å². The average molecular weight is 303 g/mol. The molecule has 3 heterocycles. The van der Waals surface area contributed by atoms with Crippen molar-refractivity contribution in [2.45, 2.75) is 19.6 Å². The Bertz CT molecular complexity index is 614. The quantitative estimate of drug-likeness (QED) is 0.807. The molecule has 0 saturated carbocycles. The van der Waals surface area contributed by atoms with E-state index in [4.69, 9.17) is 4.74 Å². The molecular weight excluding hydrogens is 282 g/mol. The van der Waals surface area contributed by atoms with Crippen LogP contribution < -0.4 is 9.80 Å². The number of hydrogen-bond donors (Lipinski definition) is 0. The standard InChI is InChI=1S/C14H21N7O/c1-11-6-13(19(2)3)18-14(17-11)20-4-5-22-12(7-20)8-21-10-15-9-16-21/h6,9-10,12H,4-5,7-8H2,1-3H3. The lowest BCUT2D eigenvalue weighted by Crippen LogP contribution is -2.45. The molecule has 0 aromatic carbocycles. The normalized spacial score (nSPS) is 18.5. The van der Waals surface area contributed by atoms with E-state index in [0.717, 1.165) is 30.5 Å². The molecule has 8 heteroatoms. The van der Waals surface area contributed by atoms with Crippen molar-refractivity contribution < 1.29 is 4.74 Å². The van der Waals surface area contributed by atoms with E-state index in [2.05, 4.69) is 25.0 Å². The minimum atomic E-state index is 0.0577. The summed E-state index contributed by atoms with van der Waals surface area (Å²) in [6.07, 6.45) is 3.30. The summed E-state index contributed by atoms with van der Waals surface area (Å²) in [5.41, 5.74) is 0.966. The number of hydrogen-bond acceptors (Lipinski definition) is 7. The van der Waals surface area contributed by atoms with Crippen molar-refractivity contribution >= 4 is 11.8 Å². The molecule has 0 N–H and O–H groups in total. The van der Waals surface area contributed by atoms with Crippen LogP contribution in [0.1, 0.15) is 5.69 Å². The third-order valence-electron chi connectivity index (χ3n) is 3.57. The smallest absolute Gasteiger partial charge is 0.227 e. The van der Waals surface area contributed by atoms with Gasteiger partial charge in [0.25, 0.3) is 0 Å². The fourth-order valence-electron chi connectivity index (χ4n) is 2.45. The minimum absolute atomic E-state index is 0.0577. The zero-order valence-electron chi connectivity index (χ0n) is 13.2. The van der Waals surface area contributed by atoms with E-state index >= 15 is 0 Å². The second kappa shape index (κ2) is 6.27. The molecule has 1 unspecified atom stereocenters. The molecule has 0 bridgehead atoms. The van der Waals surface area contributed by atoms with E-state index in [9.17, 15) is 0 Å². The van der Waals surface area contributed by atoms with Gasteiger partial charge in [-0.25, -0.2) is 9.97 Å². The molecule has 1 aliphatic heterocycles. The van der Waals surface area contributed by atoms with E-state index in [1.807, 2.05) is 32.0 Å². The van der Waals surface area contributed by atoms with Gasteiger partial charge in [0.05, 0.1) is 19.3 Å². The first-order valence-corrected chi connectivity index (χ1v) is 7.34. The van der Waals surface area contributed by atoms with Crippen LogP contribution in [0.5, 0.6) is 0 Å². The van der Waals surface area contributed by atoms with E-state index in [1.165, 1.54) is 6.33 Å². The second-order valence-corrected chi connectivity index (χ2v) is 5.62. The largest absolute Gasteiger partial charge is 0.373 e. The van der Waals surface area contributed by atoms with Crippen LogP contribution in [0.4, 0.5) is 11.8 Å². The van der Waals surface area contributed by atoms with Crippen LogP contribution in [-0.2, 0) is 11.3 Å². The summed E-state index contributed by atoms with van der Waals surface area (Å²) < 4.78 is 7.60. The van der Waals surface area contributed by atoms with Gasteiger partial charge in [-0.1, -0.05) is 0 Å². The summed E-state index contributed by atoms with van der Waals surface area (Å²) in [5, 5.41) is 4.13. The van der Waals surface area contributed by atoms with Crippen LogP contribution >= 0.6 is 0 Å². The Balaban J connectivity index is 1.74. The molecule has 0 spiro atoms. The number of aromatic nitrogens is 5. The highest BCUT2D eigenvalue weighted by molar-refractivity contribution is 5.45. The van der Waals surface area contributed by atoms with E-state index < -0.39 is 0 Å². The predicted molar refractivity (Wildman–Crippen MR) is 83.1 cm³/mol. The van der Waals surface area contributed by atoms with Gasteiger partial charge < -0.3 is 14.5 Å². The van der Waals surface area contributed by atoms with Crippen LogP contribution in [0, 0.1) is 6.92 Å². The molecule has 0 amide bonds. The minimum Gasteiger partial charge on any atom is -0.373 e. The Hall–Kier alpha value is -2.22. The fraction of sp³-hybridized carbons (Fsp3) is 0.571. The molecule has 3 rings (SSSR count). The molecule has 0 radical (unpaired) electrons. The van der Waals surface area contributed by atoms with Gasteiger partial charge in [0, 0.05) is 38.9 Å². The summed E-state index contributed by atoms with van der Waals surface area (Å²) in [6, 6.07) is 1.98. The third-order valence-corrected chi connectivity index (χ3v) is 3.57. The molecule has 2 aromatic heterocycles. The zero-order chi connectivity index (χ0) is 15.5. The Kier molecular flexibility index (Phi) is 4.19. The lowest BCUT2D eigenvalue weighted by molar-refractivity contribution is 0.0268. The van der Waals surface area contributed by atoms with Crippen molar-refractivity contribution in [3.8, 4) is 0 Å².